The van der Waals surface area contributed by atoms with E-state index in [0.717, 1.165) is 12.8 Å². The van der Waals surface area contributed by atoms with Crippen LogP contribution < -0.4 is 4.74 Å². The number of methoxy groups -OCH3 is 1. The number of imidazole rings is 1. The zero-order chi connectivity index (χ0) is 17.3. The summed E-state index contributed by atoms with van der Waals surface area (Å²) in [6.07, 6.45) is -2.05. The van der Waals surface area contributed by atoms with Crippen LogP contribution in [0.1, 0.15) is 5.56 Å². The fourth-order valence-corrected chi connectivity index (χ4v) is 2.09. The summed E-state index contributed by atoms with van der Waals surface area (Å²) in [5, 5.41) is 0. The van der Waals surface area contributed by atoms with E-state index in [-0.39, 0.29) is 11.5 Å². The maximum atomic E-state index is 13.8. The lowest BCUT2D eigenvalue weighted by Crippen LogP contribution is -2.14. The topological polar surface area (TPSA) is 52.8 Å². The molecule has 2 heterocycles. The van der Waals surface area contributed by atoms with Crippen molar-refractivity contribution in [3.63, 3.8) is 0 Å². The van der Waals surface area contributed by atoms with Crippen LogP contribution in [-0.2, 0) is 6.18 Å². The molecule has 0 aliphatic rings. The second-order valence-electron chi connectivity index (χ2n) is 4.72. The van der Waals surface area contributed by atoms with Crippen LogP contribution in [0.2, 0.25) is 0 Å². The second-order valence-corrected chi connectivity index (χ2v) is 4.72. The van der Waals surface area contributed by atoms with Gasteiger partial charge < -0.3 is 9.30 Å². The van der Waals surface area contributed by atoms with Crippen molar-refractivity contribution in [2.45, 2.75) is 6.18 Å². The van der Waals surface area contributed by atoms with E-state index in [0.29, 0.717) is 0 Å². The summed E-state index contributed by atoms with van der Waals surface area (Å²) in [7, 11) is 0.976. The summed E-state index contributed by atoms with van der Waals surface area (Å²) in [5.41, 5.74) is -0.753. The van der Waals surface area contributed by atoms with Gasteiger partial charge in [-0.2, -0.15) is 27.5 Å². The standard InChI is InChI=1S/C15H10F4N4O/c1-24-14-11(15(17,18)19)12(16)21-13(22-14)10-7-23(8-20-10)9-5-3-2-4-6-9/h2-8H,1H3. The first-order valence-corrected chi connectivity index (χ1v) is 6.68. The first-order chi connectivity index (χ1) is 11.4. The van der Waals surface area contributed by atoms with Crippen LogP contribution in [0.15, 0.2) is 42.9 Å². The third-order valence-corrected chi connectivity index (χ3v) is 3.17. The molecule has 0 aliphatic carbocycles. The number of hydrogen-bond acceptors (Lipinski definition) is 4. The Morgan fingerprint density at radius 3 is 2.42 bits per heavy atom. The Balaban J connectivity index is 2.05. The van der Waals surface area contributed by atoms with Crippen LogP contribution in [0.4, 0.5) is 17.6 Å². The van der Waals surface area contributed by atoms with Gasteiger partial charge in [-0.25, -0.2) is 4.98 Å². The van der Waals surface area contributed by atoms with Gasteiger partial charge in [0.25, 0.3) is 0 Å². The van der Waals surface area contributed by atoms with E-state index in [4.69, 9.17) is 0 Å². The zero-order valence-corrected chi connectivity index (χ0v) is 12.3. The van der Waals surface area contributed by atoms with Gasteiger partial charge in [-0.05, 0) is 12.1 Å². The molecule has 0 fully saturated rings. The van der Waals surface area contributed by atoms with Crippen molar-refractivity contribution in [3.8, 4) is 23.1 Å². The van der Waals surface area contributed by atoms with E-state index in [9.17, 15) is 17.6 Å². The summed E-state index contributed by atoms with van der Waals surface area (Å²) in [6, 6.07) is 9.07. The molecule has 0 spiro atoms. The predicted molar refractivity (Wildman–Crippen MR) is 76.1 cm³/mol. The molecule has 5 nitrogen and oxygen atoms in total. The number of ether oxygens (including phenoxy) is 1. The number of hydrogen-bond donors (Lipinski definition) is 0. The SMILES string of the molecule is COc1nc(-c2cn(-c3ccccc3)cn2)nc(F)c1C(F)(F)F. The van der Waals surface area contributed by atoms with Crippen molar-refractivity contribution >= 4 is 0 Å². The predicted octanol–water partition coefficient (Wildman–Crippen LogP) is 3.50. The lowest BCUT2D eigenvalue weighted by Gasteiger charge is -2.11. The van der Waals surface area contributed by atoms with Gasteiger partial charge in [0.2, 0.25) is 11.8 Å². The highest BCUT2D eigenvalue weighted by Crippen LogP contribution is 2.37. The third-order valence-electron chi connectivity index (χ3n) is 3.17. The van der Waals surface area contributed by atoms with Gasteiger partial charge in [-0.3, -0.25) is 0 Å². The first kappa shape index (κ1) is 15.9. The molecule has 24 heavy (non-hydrogen) atoms. The lowest BCUT2D eigenvalue weighted by atomic mass is 10.3. The Hall–Kier alpha value is -2.97. The largest absolute Gasteiger partial charge is 0.480 e. The van der Waals surface area contributed by atoms with Gasteiger partial charge in [0.1, 0.15) is 12.0 Å². The van der Waals surface area contributed by atoms with E-state index in [1.165, 1.54) is 12.5 Å². The monoisotopic (exact) mass is 338 g/mol. The highest BCUT2D eigenvalue weighted by molar-refractivity contribution is 5.51. The number of nitrogens with zero attached hydrogens (tertiary/aromatic N) is 4. The summed E-state index contributed by atoms with van der Waals surface area (Å²) in [6.45, 7) is 0. The lowest BCUT2D eigenvalue weighted by molar-refractivity contribution is -0.142. The zero-order valence-electron chi connectivity index (χ0n) is 12.3. The summed E-state index contributed by atoms with van der Waals surface area (Å²) < 4.78 is 58.5. The number of aromatic nitrogens is 4. The molecule has 0 saturated carbocycles. The van der Waals surface area contributed by atoms with Crippen molar-refractivity contribution in [2.24, 2.45) is 0 Å². The minimum atomic E-state index is -4.96. The number of para-hydroxylation sites is 1. The van der Waals surface area contributed by atoms with E-state index in [2.05, 4.69) is 19.7 Å². The molecule has 0 radical (unpaired) electrons. The second kappa shape index (κ2) is 5.91. The van der Waals surface area contributed by atoms with Gasteiger partial charge in [-0.15, -0.1) is 0 Å². The fourth-order valence-electron chi connectivity index (χ4n) is 2.09. The van der Waals surface area contributed by atoms with E-state index < -0.39 is 23.6 Å². The molecule has 0 amide bonds. The third kappa shape index (κ3) is 2.92. The summed E-state index contributed by atoms with van der Waals surface area (Å²) in [4.78, 5) is 10.9. The quantitative estimate of drug-likeness (QED) is 0.542. The first-order valence-electron chi connectivity index (χ1n) is 6.68. The normalized spacial score (nSPS) is 11.5. The molecule has 0 atom stereocenters. The molecule has 0 unspecified atom stereocenters. The number of alkyl halides is 3. The molecule has 0 saturated heterocycles. The average Bonchev–Trinajstić information content (AvgIpc) is 3.03. The number of halogens is 4. The molecule has 9 heteroatoms. The molecular weight excluding hydrogens is 328 g/mol. The van der Waals surface area contributed by atoms with Crippen LogP contribution in [0, 0.1) is 5.95 Å². The van der Waals surface area contributed by atoms with Crippen molar-refractivity contribution in [1.82, 2.24) is 19.5 Å². The molecule has 0 N–H and O–H groups in total. The number of rotatable bonds is 3. The molecule has 124 valence electrons. The van der Waals surface area contributed by atoms with Crippen molar-refractivity contribution in [2.75, 3.05) is 7.11 Å². The van der Waals surface area contributed by atoms with E-state index in [1.807, 2.05) is 18.2 Å². The molecule has 1 aromatic carbocycles. The molecule has 3 aromatic rings. The van der Waals surface area contributed by atoms with Crippen molar-refractivity contribution in [3.05, 3.63) is 54.4 Å². The van der Waals surface area contributed by atoms with Gasteiger partial charge in [0.15, 0.2) is 11.4 Å². The Bertz CT molecular complexity index is 862. The van der Waals surface area contributed by atoms with Crippen molar-refractivity contribution in [1.29, 1.82) is 0 Å². The van der Waals surface area contributed by atoms with Gasteiger partial charge in [-0.1, -0.05) is 18.2 Å². The molecular formula is C15H10F4N4O. The minimum absolute atomic E-state index is 0.116. The molecule has 0 aliphatic heterocycles. The summed E-state index contributed by atoms with van der Waals surface area (Å²) in [5.74, 6) is -2.90. The molecule has 0 bridgehead atoms. The van der Waals surface area contributed by atoms with Crippen LogP contribution in [0.5, 0.6) is 5.88 Å². The van der Waals surface area contributed by atoms with E-state index in [1.54, 1.807) is 16.7 Å². The summed E-state index contributed by atoms with van der Waals surface area (Å²) >= 11 is 0. The molecule has 3 rings (SSSR count). The van der Waals surface area contributed by atoms with E-state index >= 15 is 0 Å². The smallest absolute Gasteiger partial charge is 0.426 e. The van der Waals surface area contributed by atoms with Gasteiger partial charge in [0, 0.05) is 11.9 Å². The fraction of sp³-hybridized carbons (Fsp3) is 0.133. The van der Waals surface area contributed by atoms with Crippen molar-refractivity contribution < 1.29 is 22.3 Å². The highest BCUT2D eigenvalue weighted by Gasteiger charge is 2.40. The van der Waals surface area contributed by atoms with Gasteiger partial charge >= 0.3 is 6.18 Å². The Labute approximate surface area is 133 Å². The molecule has 2 aromatic heterocycles. The van der Waals surface area contributed by atoms with Gasteiger partial charge in [0.05, 0.1) is 7.11 Å². The van der Waals surface area contributed by atoms with Crippen LogP contribution in [0.25, 0.3) is 17.2 Å². The Morgan fingerprint density at radius 1 is 1.08 bits per heavy atom. The highest BCUT2D eigenvalue weighted by atomic mass is 19.4. The van der Waals surface area contributed by atoms with Crippen LogP contribution in [-0.4, -0.2) is 26.6 Å². The van der Waals surface area contributed by atoms with Crippen LogP contribution >= 0.6 is 0 Å². The minimum Gasteiger partial charge on any atom is -0.480 e. The van der Waals surface area contributed by atoms with Crippen LogP contribution in [0.3, 0.4) is 0 Å². The number of benzene rings is 1. The maximum Gasteiger partial charge on any atom is 0.426 e. The Kier molecular flexibility index (Phi) is 3.92. The Morgan fingerprint density at radius 2 is 1.79 bits per heavy atom. The maximum absolute atomic E-state index is 13.8. The average molecular weight is 338 g/mol.